The summed E-state index contributed by atoms with van der Waals surface area (Å²) >= 11 is 0. The Kier molecular flexibility index (Phi) is 57.3. The second-order valence-electron chi connectivity index (χ2n) is 26.1. The third kappa shape index (κ3) is 39.5. The van der Waals surface area contributed by atoms with Crippen molar-refractivity contribution in [1.29, 1.82) is 0 Å². The first-order valence-electron chi connectivity index (χ1n) is 32.6. The Balaban J connectivity index is 0. The maximum Gasteiger partial charge on any atom is 0.0718 e. The molecule has 1 rings (SSSR count). The Morgan fingerprint density at radius 3 is 0.536 bits per heavy atom. The molecule has 28 nitrogen and oxygen atoms in total. The van der Waals surface area contributed by atoms with Crippen molar-refractivity contribution in [3.05, 3.63) is 35.9 Å². The lowest BCUT2D eigenvalue weighted by Crippen LogP contribution is -2.48. The van der Waals surface area contributed by atoms with E-state index in [4.69, 9.17) is 128 Å². The minimum Gasteiger partial charge on any atom is -0.394 e. The standard InChI is InChI=1S/C38H70O14.C31H64O14.H2/c1-39-18-35(19-40-2,20-41-3)28-50-31-38(27-49-16-15-48-17-34-13-11-10-12-14-34,32-51-29-36(21-42-4,22-43-5)23-44-6)33-52-30-37(24-45-7,25-46-8)26-47-9;1-33-12-28(13-34-2,14-35-3)22-43-25-31(21-42-11-10-32,26-44-23-29(15-36-4,16-37-5)17-38-6)27-45-24-30(18-39-7,19-40-8)20-41-9;/h10-14H,15-33H2,1-9H3;32H,10-27H2,1-9H3;1H. The molecule has 0 saturated heterocycles. The zero-order chi connectivity index (χ0) is 72.4. The summed E-state index contributed by atoms with van der Waals surface area (Å²) in [6.07, 6.45) is 0. The number of hydrogen-bond acceptors (Lipinski definition) is 28. The SMILES string of the molecule is COCC(COC)(COC)COCC(COCCO)(COCC(COC)(COC)COC)COCC(COC)(COC)COC.COCC(COC)(COC)COCC(COCCOCc1ccccc1)(COCC(COC)(COC)COC)COCC(COC)(COC)COC.[HH]. The van der Waals surface area contributed by atoms with Crippen LogP contribution in [0.15, 0.2) is 30.3 Å². The smallest absolute Gasteiger partial charge is 0.0718 e. The summed E-state index contributed by atoms with van der Waals surface area (Å²) in [6, 6.07) is 10.0. The van der Waals surface area contributed by atoms with Gasteiger partial charge < -0.3 is 133 Å². The highest BCUT2D eigenvalue weighted by Crippen LogP contribution is 2.32. The first kappa shape index (κ1) is 95.1. The Hall–Kier alpha value is -1.90. The third-order valence-corrected chi connectivity index (χ3v) is 15.5. The number of aliphatic hydroxyl groups excluding tert-OH is 1. The molecule has 0 aliphatic heterocycles. The van der Waals surface area contributed by atoms with Crippen LogP contribution in [0.5, 0.6) is 0 Å². The van der Waals surface area contributed by atoms with Gasteiger partial charge in [0.25, 0.3) is 0 Å². The summed E-state index contributed by atoms with van der Waals surface area (Å²) in [4.78, 5) is 0. The first-order valence-corrected chi connectivity index (χ1v) is 32.6. The van der Waals surface area contributed by atoms with E-state index in [9.17, 15) is 5.11 Å². The van der Waals surface area contributed by atoms with Crippen LogP contribution in [0.4, 0.5) is 0 Å². The molecule has 0 spiro atoms. The van der Waals surface area contributed by atoms with Gasteiger partial charge in [0.1, 0.15) is 0 Å². The summed E-state index contributed by atoms with van der Waals surface area (Å²) in [7, 11) is 29.6. The largest absolute Gasteiger partial charge is 0.394 e. The van der Waals surface area contributed by atoms with Gasteiger partial charge in [-0.05, 0) is 5.56 Å². The fourth-order valence-electron chi connectivity index (χ4n) is 11.9. The summed E-state index contributed by atoms with van der Waals surface area (Å²) in [5.41, 5.74) is -3.67. The minimum absolute atomic E-state index is 0. The average Bonchev–Trinajstić information content (AvgIpc) is 0.849. The molecule has 0 amide bonds. The van der Waals surface area contributed by atoms with E-state index < -0.39 is 43.3 Å². The topological polar surface area (TPSA) is 269 Å². The van der Waals surface area contributed by atoms with E-state index in [1.54, 1.807) is 128 Å². The van der Waals surface area contributed by atoms with E-state index >= 15 is 0 Å². The molecule has 0 atom stereocenters. The molecule has 1 aromatic carbocycles. The number of rotatable bonds is 71. The Bertz CT molecular complexity index is 1630. The van der Waals surface area contributed by atoms with Crippen molar-refractivity contribution in [1.82, 2.24) is 0 Å². The van der Waals surface area contributed by atoms with Gasteiger partial charge >= 0.3 is 0 Å². The van der Waals surface area contributed by atoms with Gasteiger partial charge in [0, 0.05) is 129 Å². The highest BCUT2D eigenvalue weighted by Gasteiger charge is 2.43. The molecule has 0 aliphatic carbocycles. The van der Waals surface area contributed by atoms with Crippen molar-refractivity contribution in [3.63, 3.8) is 0 Å². The van der Waals surface area contributed by atoms with Crippen LogP contribution in [0.25, 0.3) is 0 Å². The van der Waals surface area contributed by atoms with Gasteiger partial charge in [-0.1, -0.05) is 30.3 Å². The zero-order valence-corrected chi connectivity index (χ0v) is 63.0. The van der Waals surface area contributed by atoms with E-state index in [0.717, 1.165) is 5.56 Å². The van der Waals surface area contributed by atoms with Crippen LogP contribution in [-0.2, 0) is 135 Å². The summed E-state index contributed by atoms with van der Waals surface area (Å²) in [5, 5.41) is 9.50. The first-order chi connectivity index (χ1) is 47.0. The molecule has 0 unspecified atom stereocenters. The fourth-order valence-corrected chi connectivity index (χ4v) is 11.9. The zero-order valence-electron chi connectivity index (χ0n) is 63.0. The lowest BCUT2D eigenvalue weighted by molar-refractivity contribution is -0.161. The molecule has 0 bridgehead atoms. The Morgan fingerprint density at radius 2 is 0.361 bits per heavy atom. The van der Waals surface area contributed by atoms with Crippen molar-refractivity contribution >= 4 is 0 Å². The second-order valence-corrected chi connectivity index (χ2v) is 26.1. The van der Waals surface area contributed by atoms with Crippen LogP contribution in [-0.4, -0.2) is 371 Å². The molecular weight excluding hydrogens is 1280 g/mol. The molecule has 0 fully saturated rings. The number of benzene rings is 1. The van der Waals surface area contributed by atoms with Gasteiger partial charge in [-0.2, -0.15) is 0 Å². The maximum atomic E-state index is 9.50. The molecule has 0 aliphatic rings. The summed E-state index contributed by atoms with van der Waals surface area (Å²) in [6.45, 7) is 11.5. The highest BCUT2D eigenvalue weighted by atomic mass is 16.6. The van der Waals surface area contributed by atoms with Gasteiger partial charge in [0.15, 0.2) is 0 Å². The predicted octanol–water partition coefficient (Wildman–Crippen LogP) is 4.09. The monoisotopic (exact) mass is 1410 g/mol. The molecule has 1 N–H and O–H groups in total. The van der Waals surface area contributed by atoms with Gasteiger partial charge in [-0.3, -0.25) is 0 Å². The van der Waals surface area contributed by atoms with E-state index in [1.165, 1.54) is 0 Å². The lowest BCUT2D eigenvalue weighted by atomic mass is 9.89. The maximum absolute atomic E-state index is 9.50. The van der Waals surface area contributed by atoms with Crippen molar-refractivity contribution in [2.45, 2.75) is 6.61 Å². The molecular formula is C69H136O28. The number of aliphatic hydroxyl groups is 1. The molecule has 0 heterocycles. The lowest BCUT2D eigenvalue weighted by Gasteiger charge is -2.39. The minimum atomic E-state index is -0.786. The Morgan fingerprint density at radius 1 is 0.206 bits per heavy atom. The van der Waals surface area contributed by atoms with Crippen LogP contribution in [0, 0.1) is 43.3 Å². The number of ether oxygens (including phenoxy) is 27. The van der Waals surface area contributed by atoms with E-state index in [2.05, 4.69) is 0 Å². The van der Waals surface area contributed by atoms with Crippen LogP contribution in [0.2, 0.25) is 0 Å². The van der Waals surface area contributed by atoms with E-state index in [1.807, 2.05) is 30.3 Å². The van der Waals surface area contributed by atoms with Crippen molar-refractivity contribution in [2.24, 2.45) is 43.3 Å². The second kappa shape index (κ2) is 58.5. The molecule has 0 radical (unpaired) electrons. The Labute approximate surface area is 584 Å². The molecule has 28 heteroatoms. The van der Waals surface area contributed by atoms with Gasteiger partial charge in [0.05, 0.1) is 288 Å². The quantitative estimate of drug-likeness (QED) is 0.0900. The van der Waals surface area contributed by atoms with E-state index in [0.29, 0.717) is 159 Å². The van der Waals surface area contributed by atoms with Crippen LogP contribution < -0.4 is 0 Å². The van der Waals surface area contributed by atoms with E-state index in [-0.39, 0.29) is 87.3 Å². The molecule has 0 saturated carbocycles. The van der Waals surface area contributed by atoms with Crippen LogP contribution >= 0.6 is 0 Å². The van der Waals surface area contributed by atoms with Crippen LogP contribution in [0.3, 0.4) is 0 Å². The van der Waals surface area contributed by atoms with Crippen molar-refractivity contribution in [2.75, 3.05) is 366 Å². The molecule has 0 aromatic heterocycles. The number of methoxy groups -OCH3 is 18. The molecule has 580 valence electrons. The van der Waals surface area contributed by atoms with Gasteiger partial charge in [-0.15, -0.1) is 0 Å². The summed E-state index contributed by atoms with van der Waals surface area (Å²) in [5.74, 6) is 0. The third-order valence-electron chi connectivity index (χ3n) is 15.5. The van der Waals surface area contributed by atoms with Crippen molar-refractivity contribution < 1.29 is 134 Å². The molecule has 1 aromatic rings. The van der Waals surface area contributed by atoms with Gasteiger partial charge in [0.2, 0.25) is 0 Å². The fraction of sp³-hybridized carbons (Fsp3) is 0.913. The predicted molar refractivity (Wildman–Crippen MR) is 365 cm³/mol. The van der Waals surface area contributed by atoms with Crippen molar-refractivity contribution in [3.8, 4) is 0 Å². The normalized spacial score (nSPS) is 13.1. The highest BCUT2D eigenvalue weighted by molar-refractivity contribution is 5.13. The average molecular weight is 1410 g/mol. The number of hydrogen-bond donors (Lipinski definition) is 1. The molecule has 97 heavy (non-hydrogen) atoms. The van der Waals surface area contributed by atoms with Gasteiger partial charge in [-0.25, -0.2) is 0 Å². The van der Waals surface area contributed by atoms with Crippen LogP contribution in [0.1, 0.15) is 6.99 Å². The summed E-state index contributed by atoms with van der Waals surface area (Å²) < 4.78 is 157.